The number of nitrogen functional groups attached to an aromatic ring is 1. The van der Waals surface area contributed by atoms with Gasteiger partial charge in [-0.05, 0) is 24.6 Å². The fraction of sp³-hybridized carbons (Fsp3) is 0.273. The molecule has 2 rings (SSSR count). The highest BCUT2D eigenvalue weighted by atomic mass is 32.2. The summed E-state index contributed by atoms with van der Waals surface area (Å²) in [6.07, 6.45) is 0. The van der Waals surface area contributed by atoms with Crippen molar-refractivity contribution >= 4 is 17.7 Å². The van der Waals surface area contributed by atoms with Gasteiger partial charge in [-0.3, -0.25) is 0 Å². The van der Waals surface area contributed by atoms with E-state index in [1.54, 1.807) is 12.1 Å². The lowest BCUT2D eigenvalue weighted by atomic mass is 10.2. The number of anilines is 1. The molecule has 1 atom stereocenters. The van der Waals surface area contributed by atoms with Crippen molar-refractivity contribution in [2.45, 2.75) is 23.9 Å². The lowest BCUT2D eigenvalue weighted by molar-refractivity contribution is -0.0498. The number of benzene rings is 1. The first-order valence-corrected chi connectivity index (χ1v) is 6.32. The molecule has 0 saturated carbocycles. The second kappa shape index (κ2) is 5.87. The summed E-state index contributed by atoms with van der Waals surface area (Å²) in [6, 6.07) is 6.46. The molecule has 0 saturated heterocycles. The summed E-state index contributed by atoms with van der Waals surface area (Å²) < 4.78 is 28.3. The fourth-order valence-electron chi connectivity index (χ4n) is 1.46. The zero-order chi connectivity index (χ0) is 13.8. The number of rotatable bonds is 5. The maximum Gasteiger partial charge on any atom is 0.387 e. The highest BCUT2D eigenvalue weighted by Crippen LogP contribution is 2.33. The van der Waals surface area contributed by atoms with Crippen LogP contribution in [0.1, 0.15) is 17.7 Å². The molecule has 8 heteroatoms. The number of nitrogens with two attached hydrogens (primary N) is 1. The molecule has 1 aromatic carbocycles. The summed E-state index contributed by atoms with van der Waals surface area (Å²) in [6.45, 7) is -0.853. The van der Waals surface area contributed by atoms with E-state index >= 15 is 0 Å². The summed E-state index contributed by atoms with van der Waals surface area (Å²) in [4.78, 5) is 3.98. The van der Waals surface area contributed by atoms with Gasteiger partial charge in [-0.25, -0.2) is 5.10 Å². The Balaban J connectivity index is 2.01. The van der Waals surface area contributed by atoms with Gasteiger partial charge in [0.1, 0.15) is 5.75 Å². The van der Waals surface area contributed by atoms with Gasteiger partial charge in [0, 0.05) is 5.25 Å². The third-order valence-electron chi connectivity index (χ3n) is 2.34. The largest absolute Gasteiger partial charge is 0.435 e. The van der Waals surface area contributed by atoms with Crippen LogP contribution in [-0.4, -0.2) is 21.8 Å². The Kier molecular flexibility index (Phi) is 4.20. The third kappa shape index (κ3) is 3.82. The third-order valence-corrected chi connectivity index (χ3v) is 3.36. The molecule has 2 aromatic rings. The number of nitrogens with zero attached hydrogens (tertiary/aromatic N) is 2. The van der Waals surface area contributed by atoms with Crippen LogP contribution >= 0.6 is 11.8 Å². The molecule has 0 aliphatic heterocycles. The quantitative estimate of drug-likeness (QED) is 0.826. The average molecular weight is 286 g/mol. The summed E-state index contributed by atoms with van der Waals surface area (Å²) in [5, 5.41) is 7.07. The zero-order valence-corrected chi connectivity index (χ0v) is 10.8. The van der Waals surface area contributed by atoms with Gasteiger partial charge in [0.2, 0.25) is 11.1 Å². The van der Waals surface area contributed by atoms with Crippen LogP contribution in [0.3, 0.4) is 0 Å². The number of H-pyrrole nitrogens is 1. The van der Waals surface area contributed by atoms with E-state index in [0.29, 0.717) is 5.16 Å². The molecule has 0 fully saturated rings. The lowest BCUT2D eigenvalue weighted by Crippen LogP contribution is -2.01. The Labute approximate surface area is 112 Å². The predicted octanol–water partition coefficient (Wildman–Crippen LogP) is 2.84. The molecule has 0 aliphatic carbocycles. The number of ether oxygens (including phenoxy) is 1. The van der Waals surface area contributed by atoms with E-state index in [2.05, 4.69) is 19.9 Å². The molecule has 102 valence electrons. The maximum atomic E-state index is 12.0. The normalized spacial score (nSPS) is 12.6. The SMILES string of the molecule is C[C@@H](Sc1n[nH]c(N)n1)c1ccc(OC(F)F)cc1. The van der Waals surface area contributed by atoms with Crippen molar-refractivity contribution in [3.05, 3.63) is 29.8 Å². The molecule has 0 bridgehead atoms. The number of nitrogens with one attached hydrogen (secondary N) is 1. The molecule has 0 aliphatic rings. The van der Waals surface area contributed by atoms with Crippen LogP contribution in [-0.2, 0) is 0 Å². The van der Waals surface area contributed by atoms with Crippen LogP contribution in [0.4, 0.5) is 14.7 Å². The van der Waals surface area contributed by atoms with Crippen LogP contribution in [0.5, 0.6) is 5.75 Å². The molecule has 19 heavy (non-hydrogen) atoms. The van der Waals surface area contributed by atoms with Gasteiger partial charge in [-0.1, -0.05) is 23.9 Å². The molecule has 0 radical (unpaired) electrons. The van der Waals surface area contributed by atoms with Gasteiger partial charge >= 0.3 is 6.61 Å². The van der Waals surface area contributed by atoms with E-state index in [0.717, 1.165) is 5.56 Å². The topological polar surface area (TPSA) is 76.8 Å². The van der Waals surface area contributed by atoms with Gasteiger partial charge in [0.25, 0.3) is 0 Å². The van der Waals surface area contributed by atoms with Crippen LogP contribution in [0.2, 0.25) is 0 Å². The minimum absolute atomic E-state index is 0.0656. The Bertz CT molecular complexity index is 532. The van der Waals surface area contributed by atoms with Crippen LogP contribution in [0, 0.1) is 0 Å². The Hall–Kier alpha value is -1.83. The molecule has 0 unspecified atom stereocenters. The van der Waals surface area contributed by atoms with Crippen LogP contribution in [0.15, 0.2) is 29.4 Å². The van der Waals surface area contributed by atoms with Crippen LogP contribution in [0.25, 0.3) is 0 Å². The smallest absolute Gasteiger partial charge is 0.387 e. The fourth-order valence-corrected chi connectivity index (χ4v) is 2.32. The molecule has 0 amide bonds. The van der Waals surface area contributed by atoms with Crippen LogP contribution < -0.4 is 10.5 Å². The monoisotopic (exact) mass is 286 g/mol. The van der Waals surface area contributed by atoms with E-state index in [4.69, 9.17) is 5.73 Å². The number of aromatic amines is 1. The van der Waals surface area contributed by atoms with E-state index in [-0.39, 0.29) is 16.9 Å². The summed E-state index contributed by atoms with van der Waals surface area (Å²) in [7, 11) is 0. The van der Waals surface area contributed by atoms with Crippen molar-refractivity contribution in [3.8, 4) is 5.75 Å². The van der Waals surface area contributed by atoms with Crippen molar-refractivity contribution in [3.63, 3.8) is 0 Å². The Morgan fingerprint density at radius 2 is 2.00 bits per heavy atom. The van der Waals surface area contributed by atoms with Crippen molar-refractivity contribution in [2.75, 3.05) is 5.73 Å². The van der Waals surface area contributed by atoms with Crippen molar-refractivity contribution in [2.24, 2.45) is 0 Å². The summed E-state index contributed by atoms with van der Waals surface area (Å²) >= 11 is 1.41. The number of thioether (sulfide) groups is 1. The first kappa shape index (κ1) is 13.6. The number of hydrogen-bond donors (Lipinski definition) is 2. The van der Waals surface area contributed by atoms with Gasteiger partial charge in [-0.15, -0.1) is 5.10 Å². The number of alkyl halides is 2. The Morgan fingerprint density at radius 1 is 1.32 bits per heavy atom. The van der Waals surface area contributed by atoms with E-state index < -0.39 is 6.61 Å². The zero-order valence-electron chi connectivity index (χ0n) is 10.0. The van der Waals surface area contributed by atoms with E-state index in [1.807, 2.05) is 6.92 Å². The first-order chi connectivity index (χ1) is 9.04. The maximum absolute atomic E-state index is 12.0. The molecule has 3 N–H and O–H groups in total. The Morgan fingerprint density at radius 3 is 2.53 bits per heavy atom. The van der Waals surface area contributed by atoms with Gasteiger partial charge in [0.05, 0.1) is 0 Å². The van der Waals surface area contributed by atoms with Gasteiger partial charge < -0.3 is 10.5 Å². The number of hydrogen-bond acceptors (Lipinski definition) is 5. The molecular weight excluding hydrogens is 274 g/mol. The predicted molar refractivity (Wildman–Crippen MR) is 68.1 cm³/mol. The van der Waals surface area contributed by atoms with Crippen molar-refractivity contribution in [1.29, 1.82) is 0 Å². The second-order valence-corrected chi connectivity index (χ2v) is 5.02. The van der Waals surface area contributed by atoms with Crippen molar-refractivity contribution in [1.82, 2.24) is 15.2 Å². The van der Waals surface area contributed by atoms with E-state index in [9.17, 15) is 8.78 Å². The summed E-state index contributed by atoms with van der Waals surface area (Å²) in [5.41, 5.74) is 6.38. The first-order valence-electron chi connectivity index (χ1n) is 5.44. The number of aromatic nitrogens is 3. The average Bonchev–Trinajstić information content (AvgIpc) is 2.75. The standard InChI is InChI=1S/C11H12F2N4OS/c1-6(19-11-15-10(14)16-17-11)7-2-4-8(5-3-7)18-9(12)13/h2-6,9H,1H3,(H3,14,15,16,17)/t6-/m1/s1. The van der Waals surface area contributed by atoms with Crippen molar-refractivity contribution < 1.29 is 13.5 Å². The number of halogens is 2. The molecule has 0 spiro atoms. The molecule has 1 aromatic heterocycles. The highest BCUT2D eigenvalue weighted by Gasteiger charge is 2.11. The molecule has 1 heterocycles. The summed E-state index contributed by atoms with van der Waals surface area (Å²) in [5.74, 6) is 0.397. The second-order valence-electron chi connectivity index (χ2n) is 3.71. The minimum Gasteiger partial charge on any atom is -0.435 e. The van der Waals surface area contributed by atoms with Gasteiger partial charge in [-0.2, -0.15) is 13.8 Å². The molecular formula is C11H12F2N4OS. The highest BCUT2D eigenvalue weighted by molar-refractivity contribution is 7.99. The van der Waals surface area contributed by atoms with Gasteiger partial charge in [0.15, 0.2) is 0 Å². The molecule has 5 nitrogen and oxygen atoms in total. The van der Waals surface area contributed by atoms with E-state index in [1.165, 1.54) is 23.9 Å². The minimum atomic E-state index is -2.81. The lowest BCUT2D eigenvalue weighted by Gasteiger charge is -2.10.